The quantitative estimate of drug-likeness (QED) is 0.614. The van der Waals surface area contributed by atoms with E-state index in [-0.39, 0.29) is 18.0 Å². The first-order valence-corrected chi connectivity index (χ1v) is 5.86. The van der Waals surface area contributed by atoms with E-state index in [1.165, 1.54) is 6.92 Å². The Balaban J connectivity index is 1.85. The first kappa shape index (κ1) is 9.37. The molecule has 0 aliphatic heterocycles. The van der Waals surface area contributed by atoms with Crippen LogP contribution in [0.25, 0.3) is 0 Å². The second-order valence-electron chi connectivity index (χ2n) is 5.35. The van der Waals surface area contributed by atoms with Crippen LogP contribution in [0.15, 0.2) is 0 Å². The molecule has 0 aromatic heterocycles. The maximum Gasteiger partial charge on any atom is 0.302 e. The van der Waals surface area contributed by atoms with Crippen LogP contribution in [-0.4, -0.2) is 17.9 Å². The van der Waals surface area contributed by atoms with Crippen LogP contribution in [0.1, 0.15) is 32.6 Å². The number of rotatable bonds is 1. The standard InChI is InChI=1S/C12H16O3/c1-6(13)15-12-9-3-7-2-8(5-9)11(14)10(12)4-7/h7-10,12H,2-5H2,1H3/t7-,8+,9-,10+,12?/m1/s1. The summed E-state index contributed by atoms with van der Waals surface area (Å²) in [6.45, 7) is 1.44. The molecule has 0 N–H and O–H groups in total. The van der Waals surface area contributed by atoms with Crippen molar-refractivity contribution in [1.82, 2.24) is 0 Å². The highest BCUT2D eigenvalue weighted by Crippen LogP contribution is 2.52. The fraction of sp³-hybridized carbons (Fsp3) is 0.833. The summed E-state index contributed by atoms with van der Waals surface area (Å²) in [7, 11) is 0. The van der Waals surface area contributed by atoms with E-state index in [0.717, 1.165) is 31.6 Å². The number of ketones is 1. The predicted molar refractivity (Wildman–Crippen MR) is 53.0 cm³/mol. The van der Waals surface area contributed by atoms with E-state index in [2.05, 4.69) is 0 Å². The lowest BCUT2D eigenvalue weighted by Crippen LogP contribution is -2.55. The summed E-state index contributed by atoms with van der Waals surface area (Å²) in [5, 5.41) is 0. The van der Waals surface area contributed by atoms with E-state index in [0.29, 0.717) is 17.6 Å². The summed E-state index contributed by atoms with van der Waals surface area (Å²) in [4.78, 5) is 23.0. The molecule has 3 nitrogen and oxygen atoms in total. The minimum atomic E-state index is -0.236. The van der Waals surface area contributed by atoms with E-state index in [1.807, 2.05) is 0 Å². The van der Waals surface area contributed by atoms with Crippen LogP contribution >= 0.6 is 0 Å². The summed E-state index contributed by atoms with van der Waals surface area (Å²) in [6.07, 6.45) is 4.09. The molecule has 82 valence electrons. The third-order valence-corrected chi connectivity index (χ3v) is 4.36. The second-order valence-corrected chi connectivity index (χ2v) is 5.35. The minimum Gasteiger partial charge on any atom is -0.461 e. The van der Waals surface area contributed by atoms with Crippen LogP contribution in [0.2, 0.25) is 0 Å². The Hall–Kier alpha value is -0.860. The zero-order valence-electron chi connectivity index (χ0n) is 8.94. The predicted octanol–water partition coefficient (Wildman–Crippen LogP) is 1.55. The van der Waals surface area contributed by atoms with E-state index >= 15 is 0 Å². The van der Waals surface area contributed by atoms with Gasteiger partial charge in [-0.1, -0.05) is 0 Å². The van der Waals surface area contributed by atoms with E-state index in [1.54, 1.807) is 0 Å². The normalized spacial score (nSPS) is 47.0. The van der Waals surface area contributed by atoms with Gasteiger partial charge >= 0.3 is 5.97 Å². The number of hydrogen-bond acceptors (Lipinski definition) is 3. The van der Waals surface area contributed by atoms with Crippen LogP contribution in [-0.2, 0) is 14.3 Å². The van der Waals surface area contributed by atoms with Gasteiger partial charge in [-0.05, 0) is 37.5 Å². The molecule has 4 fully saturated rings. The number of carbonyl (C=O) groups excluding carboxylic acids is 2. The summed E-state index contributed by atoms with van der Waals surface area (Å²) in [5.74, 6) is 1.65. The van der Waals surface area contributed by atoms with Gasteiger partial charge in [-0.15, -0.1) is 0 Å². The van der Waals surface area contributed by atoms with Gasteiger partial charge in [-0.3, -0.25) is 9.59 Å². The van der Waals surface area contributed by atoms with E-state index in [4.69, 9.17) is 4.74 Å². The molecule has 1 unspecified atom stereocenters. The largest absolute Gasteiger partial charge is 0.461 e. The number of carbonyl (C=O) groups is 2. The summed E-state index contributed by atoms with van der Waals surface area (Å²) in [6, 6.07) is 0. The second kappa shape index (κ2) is 3.06. The van der Waals surface area contributed by atoms with Crippen LogP contribution < -0.4 is 0 Å². The molecule has 4 saturated carbocycles. The average Bonchev–Trinajstić information content (AvgIpc) is 2.18. The van der Waals surface area contributed by atoms with Gasteiger partial charge in [-0.25, -0.2) is 0 Å². The molecular weight excluding hydrogens is 192 g/mol. The van der Waals surface area contributed by atoms with Gasteiger partial charge in [0.05, 0.1) is 5.92 Å². The summed E-state index contributed by atoms with van der Waals surface area (Å²) in [5.41, 5.74) is 0. The lowest BCUT2D eigenvalue weighted by molar-refractivity contribution is -0.173. The Bertz CT molecular complexity index is 323. The first-order valence-electron chi connectivity index (χ1n) is 5.86. The highest BCUT2D eigenvalue weighted by molar-refractivity contribution is 5.86. The van der Waals surface area contributed by atoms with Crippen LogP contribution in [0, 0.1) is 23.7 Å². The minimum absolute atomic E-state index is 0.0325. The molecule has 15 heavy (non-hydrogen) atoms. The summed E-state index contributed by atoms with van der Waals surface area (Å²) >= 11 is 0. The lowest BCUT2D eigenvalue weighted by Gasteiger charge is -2.52. The monoisotopic (exact) mass is 208 g/mol. The van der Waals surface area contributed by atoms with Crippen molar-refractivity contribution < 1.29 is 14.3 Å². The van der Waals surface area contributed by atoms with Gasteiger partial charge in [-0.2, -0.15) is 0 Å². The van der Waals surface area contributed by atoms with Crippen molar-refractivity contribution in [3.8, 4) is 0 Å². The number of Topliss-reactive ketones (excluding diaryl/α,β-unsaturated/α-hetero) is 1. The van der Waals surface area contributed by atoms with Crippen molar-refractivity contribution in [1.29, 1.82) is 0 Å². The zero-order chi connectivity index (χ0) is 10.6. The Kier molecular flexibility index (Phi) is 1.91. The van der Waals surface area contributed by atoms with Crippen molar-refractivity contribution in [3.63, 3.8) is 0 Å². The molecule has 0 saturated heterocycles. The van der Waals surface area contributed by atoms with Crippen LogP contribution in [0.4, 0.5) is 0 Å². The van der Waals surface area contributed by atoms with Gasteiger partial charge in [0.25, 0.3) is 0 Å². The molecular formula is C12H16O3. The van der Waals surface area contributed by atoms with Gasteiger partial charge in [0, 0.05) is 12.8 Å². The number of esters is 1. The maximum absolute atomic E-state index is 12.0. The van der Waals surface area contributed by atoms with Gasteiger partial charge in [0.1, 0.15) is 11.9 Å². The lowest BCUT2D eigenvalue weighted by atomic mass is 9.54. The maximum atomic E-state index is 12.0. The molecule has 4 aliphatic carbocycles. The Morgan fingerprint density at radius 1 is 1.27 bits per heavy atom. The number of ether oxygens (including phenoxy) is 1. The van der Waals surface area contributed by atoms with Crippen molar-refractivity contribution in [2.45, 2.75) is 38.7 Å². The summed E-state index contributed by atoms with van der Waals surface area (Å²) < 4.78 is 5.34. The van der Waals surface area contributed by atoms with Gasteiger partial charge < -0.3 is 4.74 Å². The van der Waals surface area contributed by atoms with E-state index < -0.39 is 0 Å². The highest BCUT2D eigenvalue weighted by Gasteiger charge is 2.54. The molecule has 0 radical (unpaired) electrons. The van der Waals surface area contributed by atoms with Gasteiger partial charge in [0.15, 0.2) is 0 Å². The Morgan fingerprint density at radius 3 is 2.80 bits per heavy atom. The Morgan fingerprint density at radius 2 is 2.07 bits per heavy atom. The molecule has 0 heterocycles. The van der Waals surface area contributed by atoms with Crippen molar-refractivity contribution in [2.75, 3.05) is 0 Å². The molecule has 0 amide bonds. The Labute approximate surface area is 89.2 Å². The van der Waals surface area contributed by atoms with Crippen LogP contribution in [0.3, 0.4) is 0 Å². The van der Waals surface area contributed by atoms with Crippen molar-refractivity contribution in [3.05, 3.63) is 0 Å². The molecule has 4 bridgehead atoms. The molecule has 4 rings (SSSR count). The van der Waals surface area contributed by atoms with E-state index in [9.17, 15) is 9.59 Å². The highest BCUT2D eigenvalue weighted by atomic mass is 16.5. The molecule has 3 heteroatoms. The van der Waals surface area contributed by atoms with Gasteiger partial charge in [0.2, 0.25) is 0 Å². The fourth-order valence-electron chi connectivity index (χ4n) is 3.95. The molecule has 4 aliphatic rings. The molecule has 5 atom stereocenters. The first-order chi connectivity index (χ1) is 7.15. The SMILES string of the molecule is CC(=O)OC1[C@@H]2C[C@H]3C[C@@H](C2)C(=O)[C@@H]1C3. The smallest absolute Gasteiger partial charge is 0.302 e. The average molecular weight is 208 g/mol. The number of hydrogen-bond donors (Lipinski definition) is 0. The molecule has 0 aromatic carbocycles. The zero-order valence-corrected chi connectivity index (χ0v) is 8.94. The van der Waals surface area contributed by atoms with Crippen molar-refractivity contribution in [2.24, 2.45) is 23.7 Å². The molecule has 0 spiro atoms. The van der Waals surface area contributed by atoms with Crippen LogP contribution in [0.5, 0.6) is 0 Å². The topological polar surface area (TPSA) is 43.4 Å². The third kappa shape index (κ3) is 1.32. The van der Waals surface area contributed by atoms with Crippen molar-refractivity contribution >= 4 is 11.8 Å². The third-order valence-electron chi connectivity index (χ3n) is 4.36. The molecule has 0 aromatic rings. The fourth-order valence-corrected chi connectivity index (χ4v) is 3.95.